The van der Waals surface area contributed by atoms with Gasteiger partial charge >= 0.3 is 6.03 Å². The lowest BCUT2D eigenvalue weighted by Gasteiger charge is -2.17. The Kier molecular flexibility index (Phi) is 6.84. The van der Waals surface area contributed by atoms with Gasteiger partial charge in [-0.1, -0.05) is 12.1 Å². The Bertz CT molecular complexity index is 628. The molecule has 1 heterocycles. The van der Waals surface area contributed by atoms with E-state index in [1.807, 2.05) is 38.1 Å². The standard InChI is InChI=1S/C18H24N2O4/c1-3-23-12-14-6-4-7-15(11-14)20-18(22)19-13(2)10-16(21)17-8-5-9-24-17/h4-9,11,13,16,21H,3,10,12H2,1-2H3,(H2,19,20,22). The summed E-state index contributed by atoms with van der Waals surface area (Å²) in [5.41, 5.74) is 1.69. The van der Waals surface area contributed by atoms with Gasteiger partial charge in [-0.15, -0.1) is 0 Å². The molecule has 130 valence electrons. The Balaban J connectivity index is 1.81. The van der Waals surface area contributed by atoms with Crippen LogP contribution in [-0.2, 0) is 11.3 Å². The third-order valence-corrected chi connectivity index (χ3v) is 3.48. The first-order valence-corrected chi connectivity index (χ1v) is 8.04. The normalized spacial score (nSPS) is 13.3. The molecule has 0 aliphatic heterocycles. The number of ether oxygens (including phenoxy) is 1. The van der Waals surface area contributed by atoms with Gasteiger partial charge in [0, 0.05) is 24.8 Å². The van der Waals surface area contributed by atoms with E-state index in [2.05, 4.69) is 10.6 Å². The number of hydrogen-bond acceptors (Lipinski definition) is 4. The highest BCUT2D eigenvalue weighted by Crippen LogP contribution is 2.18. The van der Waals surface area contributed by atoms with Crippen LogP contribution in [0.5, 0.6) is 0 Å². The molecule has 0 bridgehead atoms. The van der Waals surface area contributed by atoms with Crippen molar-refractivity contribution in [3.05, 3.63) is 54.0 Å². The topological polar surface area (TPSA) is 83.7 Å². The van der Waals surface area contributed by atoms with Crippen LogP contribution in [-0.4, -0.2) is 23.8 Å². The van der Waals surface area contributed by atoms with Crippen molar-refractivity contribution in [3.63, 3.8) is 0 Å². The van der Waals surface area contributed by atoms with E-state index >= 15 is 0 Å². The molecule has 0 spiro atoms. The number of carbonyl (C=O) groups excluding carboxylic acids is 1. The lowest BCUT2D eigenvalue weighted by molar-refractivity contribution is 0.130. The molecule has 3 N–H and O–H groups in total. The SMILES string of the molecule is CCOCc1cccc(NC(=O)NC(C)CC(O)c2ccco2)c1. The third-order valence-electron chi connectivity index (χ3n) is 3.48. The van der Waals surface area contributed by atoms with Gasteiger partial charge in [0.15, 0.2) is 0 Å². The van der Waals surface area contributed by atoms with Crippen LogP contribution < -0.4 is 10.6 Å². The summed E-state index contributed by atoms with van der Waals surface area (Å²) in [6.45, 7) is 4.93. The number of carbonyl (C=O) groups is 1. The minimum absolute atomic E-state index is 0.211. The Morgan fingerprint density at radius 3 is 2.88 bits per heavy atom. The fraction of sp³-hybridized carbons (Fsp3) is 0.389. The molecule has 2 amide bonds. The van der Waals surface area contributed by atoms with E-state index in [0.717, 1.165) is 5.56 Å². The maximum absolute atomic E-state index is 12.1. The molecule has 2 unspecified atom stereocenters. The summed E-state index contributed by atoms with van der Waals surface area (Å²) in [6, 6.07) is 10.4. The van der Waals surface area contributed by atoms with Gasteiger partial charge in [0.1, 0.15) is 11.9 Å². The molecule has 0 aliphatic carbocycles. The summed E-state index contributed by atoms with van der Waals surface area (Å²) >= 11 is 0. The fourth-order valence-electron chi connectivity index (χ4n) is 2.34. The van der Waals surface area contributed by atoms with Crippen LogP contribution >= 0.6 is 0 Å². The highest BCUT2D eigenvalue weighted by atomic mass is 16.5. The number of amides is 2. The molecular weight excluding hydrogens is 308 g/mol. The van der Waals surface area contributed by atoms with Crippen molar-refractivity contribution in [2.24, 2.45) is 0 Å². The van der Waals surface area contributed by atoms with Crippen molar-refractivity contribution in [3.8, 4) is 0 Å². The number of rotatable bonds is 8. The molecule has 0 fully saturated rings. The smallest absolute Gasteiger partial charge is 0.319 e. The molecule has 0 saturated heterocycles. The molecule has 1 aromatic heterocycles. The Morgan fingerprint density at radius 2 is 2.17 bits per heavy atom. The van der Waals surface area contributed by atoms with Crippen LogP contribution in [0.3, 0.4) is 0 Å². The zero-order valence-corrected chi connectivity index (χ0v) is 14.0. The number of aliphatic hydroxyl groups excluding tert-OH is 1. The first-order chi connectivity index (χ1) is 11.6. The third kappa shape index (κ3) is 5.72. The number of hydrogen-bond donors (Lipinski definition) is 3. The second-order valence-corrected chi connectivity index (χ2v) is 5.60. The van der Waals surface area contributed by atoms with Crippen LogP contribution in [0.2, 0.25) is 0 Å². The van der Waals surface area contributed by atoms with E-state index in [4.69, 9.17) is 9.15 Å². The van der Waals surface area contributed by atoms with Crippen molar-refractivity contribution in [2.45, 2.75) is 39.0 Å². The van der Waals surface area contributed by atoms with Crippen molar-refractivity contribution in [2.75, 3.05) is 11.9 Å². The van der Waals surface area contributed by atoms with Crippen molar-refractivity contribution in [1.29, 1.82) is 0 Å². The van der Waals surface area contributed by atoms with Crippen LogP contribution in [0.15, 0.2) is 47.1 Å². The molecule has 2 rings (SSSR count). The first-order valence-electron chi connectivity index (χ1n) is 8.04. The van der Waals surface area contributed by atoms with Crippen molar-refractivity contribution in [1.82, 2.24) is 5.32 Å². The van der Waals surface area contributed by atoms with Crippen molar-refractivity contribution >= 4 is 11.7 Å². The Morgan fingerprint density at radius 1 is 1.33 bits per heavy atom. The van der Waals surface area contributed by atoms with Gasteiger partial charge in [-0.3, -0.25) is 0 Å². The average Bonchev–Trinajstić information content (AvgIpc) is 3.07. The quantitative estimate of drug-likeness (QED) is 0.691. The van der Waals surface area contributed by atoms with Gasteiger partial charge in [-0.05, 0) is 43.7 Å². The minimum Gasteiger partial charge on any atom is -0.467 e. The zero-order valence-electron chi connectivity index (χ0n) is 14.0. The summed E-state index contributed by atoms with van der Waals surface area (Å²) in [5, 5.41) is 15.6. The van der Waals surface area contributed by atoms with E-state index in [1.165, 1.54) is 6.26 Å². The summed E-state index contributed by atoms with van der Waals surface area (Å²) < 4.78 is 10.5. The van der Waals surface area contributed by atoms with Gasteiger partial charge < -0.3 is 24.9 Å². The molecule has 2 atom stereocenters. The predicted molar refractivity (Wildman–Crippen MR) is 91.7 cm³/mol. The summed E-state index contributed by atoms with van der Waals surface area (Å²) in [4.78, 5) is 12.1. The highest BCUT2D eigenvalue weighted by molar-refractivity contribution is 5.89. The molecule has 2 aromatic rings. The van der Waals surface area contributed by atoms with Crippen LogP contribution in [0.1, 0.15) is 37.7 Å². The molecule has 6 nitrogen and oxygen atoms in total. The lowest BCUT2D eigenvalue weighted by Crippen LogP contribution is -2.37. The molecule has 0 radical (unpaired) electrons. The molecule has 24 heavy (non-hydrogen) atoms. The van der Waals surface area contributed by atoms with Gasteiger partial charge in [-0.25, -0.2) is 4.79 Å². The van der Waals surface area contributed by atoms with Gasteiger partial charge in [-0.2, -0.15) is 0 Å². The second kappa shape index (κ2) is 9.10. The van der Waals surface area contributed by atoms with E-state index < -0.39 is 6.10 Å². The average molecular weight is 332 g/mol. The molecule has 6 heteroatoms. The number of urea groups is 1. The number of benzene rings is 1. The summed E-state index contributed by atoms with van der Waals surface area (Å²) in [7, 11) is 0. The van der Waals surface area contributed by atoms with E-state index in [0.29, 0.717) is 31.1 Å². The molecule has 0 aliphatic rings. The van der Waals surface area contributed by atoms with E-state index in [-0.39, 0.29) is 12.1 Å². The van der Waals surface area contributed by atoms with Gasteiger partial charge in [0.2, 0.25) is 0 Å². The monoisotopic (exact) mass is 332 g/mol. The zero-order chi connectivity index (χ0) is 17.4. The van der Waals surface area contributed by atoms with Crippen LogP contribution in [0.4, 0.5) is 10.5 Å². The number of aliphatic hydroxyl groups is 1. The summed E-state index contributed by atoms with van der Waals surface area (Å²) in [6.07, 6.45) is 1.13. The largest absolute Gasteiger partial charge is 0.467 e. The fourth-order valence-corrected chi connectivity index (χ4v) is 2.34. The minimum atomic E-state index is -0.746. The van der Waals surface area contributed by atoms with Crippen LogP contribution in [0.25, 0.3) is 0 Å². The first kappa shape index (κ1) is 18.0. The predicted octanol–water partition coefficient (Wildman–Crippen LogP) is 3.45. The molecular formula is C18H24N2O4. The van der Waals surface area contributed by atoms with E-state index in [1.54, 1.807) is 12.1 Å². The Hall–Kier alpha value is -2.31. The van der Waals surface area contributed by atoms with Crippen molar-refractivity contribution < 1.29 is 19.1 Å². The number of anilines is 1. The van der Waals surface area contributed by atoms with E-state index in [9.17, 15) is 9.90 Å². The number of nitrogens with one attached hydrogen (secondary N) is 2. The Labute approximate surface area is 141 Å². The lowest BCUT2D eigenvalue weighted by atomic mass is 10.1. The molecule has 1 aromatic carbocycles. The highest BCUT2D eigenvalue weighted by Gasteiger charge is 2.16. The summed E-state index contributed by atoms with van der Waals surface area (Å²) in [5.74, 6) is 0.493. The number of furan rings is 1. The maximum atomic E-state index is 12.1. The van der Waals surface area contributed by atoms with Gasteiger partial charge in [0.05, 0.1) is 12.9 Å². The van der Waals surface area contributed by atoms with Crippen LogP contribution in [0, 0.1) is 0 Å². The second-order valence-electron chi connectivity index (χ2n) is 5.60. The maximum Gasteiger partial charge on any atom is 0.319 e. The molecule has 0 saturated carbocycles. The van der Waals surface area contributed by atoms with Gasteiger partial charge in [0.25, 0.3) is 0 Å².